The summed E-state index contributed by atoms with van der Waals surface area (Å²) in [5.41, 5.74) is -0.564. The van der Waals surface area contributed by atoms with Crippen LogP contribution < -0.4 is 5.32 Å². The van der Waals surface area contributed by atoms with Crippen LogP contribution in [0, 0.1) is 11.3 Å². The summed E-state index contributed by atoms with van der Waals surface area (Å²) in [6.45, 7) is 0. The van der Waals surface area contributed by atoms with Crippen LogP contribution in [0.25, 0.3) is 5.57 Å². The molecule has 1 aromatic carbocycles. The Bertz CT molecular complexity index is 1040. The highest BCUT2D eigenvalue weighted by atomic mass is 32.2. The van der Waals surface area contributed by atoms with E-state index in [0.29, 0.717) is 0 Å². The van der Waals surface area contributed by atoms with E-state index in [1.807, 2.05) is 0 Å². The van der Waals surface area contributed by atoms with E-state index < -0.39 is 35.7 Å². The molecule has 2 aromatic rings. The van der Waals surface area contributed by atoms with Crippen molar-refractivity contribution in [1.29, 1.82) is 5.26 Å². The second-order valence-corrected chi connectivity index (χ2v) is 6.97. The van der Waals surface area contributed by atoms with Crippen molar-refractivity contribution in [2.45, 2.75) is 9.79 Å². The fourth-order valence-corrected chi connectivity index (χ4v) is 2.72. The molecule has 0 spiro atoms. The van der Waals surface area contributed by atoms with Crippen molar-refractivity contribution in [2.75, 3.05) is 5.32 Å². The summed E-state index contributed by atoms with van der Waals surface area (Å²) in [6.07, 6.45) is 0.975. The number of aromatic amines is 1. The van der Waals surface area contributed by atoms with Gasteiger partial charge >= 0.3 is 0 Å². The van der Waals surface area contributed by atoms with Gasteiger partial charge in [-0.25, -0.2) is 0 Å². The minimum Gasteiger partial charge on any atom is -0.359 e. The van der Waals surface area contributed by atoms with E-state index in [1.54, 1.807) is 6.07 Å². The van der Waals surface area contributed by atoms with E-state index in [1.165, 1.54) is 0 Å². The topological polar surface area (TPSA) is 199 Å². The van der Waals surface area contributed by atoms with E-state index in [2.05, 4.69) is 25.9 Å². The SMILES string of the molecule is N#CC(=CNc1cc(S(=O)(=O)O)ccc1S(=O)(=O)O)c1nn[nH]n1. The Kier molecular flexibility index (Phi) is 4.61. The standard InChI is InChI=1S/C10H8N6O6S2/c11-4-6(10-13-15-16-14-10)5-12-8-3-7(23(17,18)19)1-2-9(8)24(20,21)22/h1-3,5,12H,(H,17,18,19)(H,20,21,22)(H,13,14,15,16). The van der Waals surface area contributed by atoms with Gasteiger partial charge in [-0.05, 0) is 23.4 Å². The predicted molar refractivity (Wildman–Crippen MR) is 77.5 cm³/mol. The average molecular weight is 372 g/mol. The smallest absolute Gasteiger partial charge is 0.296 e. The number of benzene rings is 1. The summed E-state index contributed by atoms with van der Waals surface area (Å²) in [4.78, 5) is -1.29. The Labute approximate surface area is 135 Å². The molecule has 0 bridgehead atoms. The first-order valence-electron chi connectivity index (χ1n) is 5.82. The first-order chi connectivity index (χ1) is 11.1. The van der Waals surface area contributed by atoms with Crippen LogP contribution in [0.5, 0.6) is 0 Å². The van der Waals surface area contributed by atoms with Gasteiger partial charge in [-0.15, -0.1) is 10.2 Å². The lowest BCUT2D eigenvalue weighted by Gasteiger charge is -2.08. The maximum Gasteiger partial charge on any atom is 0.296 e. The van der Waals surface area contributed by atoms with E-state index in [-0.39, 0.29) is 11.4 Å². The van der Waals surface area contributed by atoms with Crippen LogP contribution in [-0.4, -0.2) is 46.6 Å². The molecule has 0 aliphatic carbocycles. The van der Waals surface area contributed by atoms with Gasteiger partial charge in [0.05, 0.1) is 10.6 Å². The highest BCUT2D eigenvalue weighted by Crippen LogP contribution is 2.25. The molecule has 0 fully saturated rings. The normalized spacial score (nSPS) is 12.6. The Hall–Kier alpha value is -2.86. The molecule has 0 radical (unpaired) electrons. The number of allylic oxidation sites excluding steroid dienone is 1. The number of hydrogen-bond acceptors (Lipinski definition) is 9. The molecule has 1 aromatic heterocycles. The number of hydrogen-bond donors (Lipinski definition) is 4. The van der Waals surface area contributed by atoms with Crippen molar-refractivity contribution in [3.05, 3.63) is 30.2 Å². The van der Waals surface area contributed by atoms with E-state index in [0.717, 1.165) is 24.4 Å². The molecule has 2 rings (SSSR count). The number of aromatic nitrogens is 4. The van der Waals surface area contributed by atoms with Gasteiger partial charge in [0.15, 0.2) is 0 Å². The Morgan fingerprint density at radius 1 is 1.25 bits per heavy atom. The maximum atomic E-state index is 11.3. The summed E-state index contributed by atoms with van der Waals surface area (Å²) >= 11 is 0. The molecule has 0 amide bonds. The minimum atomic E-state index is -4.71. The van der Waals surface area contributed by atoms with Crippen molar-refractivity contribution < 1.29 is 25.9 Å². The highest BCUT2D eigenvalue weighted by molar-refractivity contribution is 7.86. The molecule has 0 saturated carbocycles. The number of H-pyrrole nitrogens is 1. The molecular formula is C10H8N6O6S2. The lowest BCUT2D eigenvalue weighted by atomic mass is 10.3. The fourth-order valence-electron chi connectivity index (χ4n) is 1.58. The molecule has 24 heavy (non-hydrogen) atoms. The zero-order chi connectivity index (χ0) is 18.0. The Morgan fingerprint density at radius 2 is 1.96 bits per heavy atom. The van der Waals surface area contributed by atoms with E-state index in [4.69, 9.17) is 14.4 Å². The molecular weight excluding hydrogens is 364 g/mol. The molecule has 12 nitrogen and oxygen atoms in total. The molecule has 0 aliphatic heterocycles. The summed E-state index contributed by atoms with van der Waals surface area (Å²) < 4.78 is 63.1. The van der Waals surface area contributed by atoms with Crippen molar-refractivity contribution in [3.63, 3.8) is 0 Å². The van der Waals surface area contributed by atoms with Crippen LogP contribution in [0.1, 0.15) is 5.82 Å². The molecule has 0 aliphatic rings. The molecule has 0 saturated heterocycles. The van der Waals surface area contributed by atoms with Gasteiger partial charge in [0.25, 0.3) is 20.2 Å². The number of nitriles is 1. The van der Waals surface area contributed by atoms with Gasteiger partial charge in [-0.3, -0.25) is 9.11 Å². The maximum absolute atomic E-state index is 11.3. The van der Waals surface area contributed by atoms with E-state index in [9.17, 15) is 16.8 Å². The van der Waals surface area contributed by atoms with Gasteiger partial charge in [0, 0.05) is 6.20 Å². The van der Waals surface area contributed by atoms with Crippen molar-refractivity contribution in [2.24, 2.45) is 0 Å². The largest absolute Gasteiger partial charge is 0.359 e. The van der Waals surface area contributed by atoms with Crippen molar-refractivity contribution >= 4 is 31.5 Å². The summed E-state index contributed by atoms with van der Waals surface area (Å²) in [5, 5.41) is 23.8. The van der Waals surface area contributed by atoms with Crippen LogP contribution in [0.4, 0.5) is 5.69 Å². The molecule has 14 heteroatoms. The summed E-state index contributed by atoms with van der Waals surface area (Å²) in [7, 11) is -9.32. The van der Waals surface area contributed by atoms with Crippen LogP contribution in [-0.2, 0) is 20.2 Å². The lowest BCUT2D eigenvalue weighted by molar-refractivity contribution is 0.479. The van der Waals surface area contributed by atoms with E-state index >= 15 is 0 Å². The molecule has 4 N–H and O–H groups in total. The van der Waals surface area contributed by atoms with Gasteiger partial charge in [0.1, 0.15) is 16.5 Å². The molecule has 0 unspecified atom stereocenters. The van der Waals surface area contributed by atoms with Crippen LogP contribution in [0.2, 0.25) is 0 Å². The highest BCUT2D eigenvalue weighted by Gasteiger charge is 2.19. The minimum absolute atomic E-state index is 0.107. The number of nitrogens with one attached hydrogen (secondary N) is 2. The third kappa shape index (κ3) is 3.91. The lowest BCUT2D eigenvalue weighted by Crippen LogP contribution is -2.06. The van der Waals surface area contributed by atoms with Crippen LogP contribution in [0.3, 0.4) is 0 Å². The monoisotopic (exact) mass is 372 g/mol. The van der Waals surface area contributed by atoms with Crippen molar-refractivity contribution in [3.8, 4) is 6.07 Å². The summed E-state index contributed by atoms with van der Waals surface area (Å²) in [5.74, 6) is -0.107. The quantitative estimate of drug-likeness (QED) is 0.395. The fraction of sp³-hybridized carbons (Fsp3) is 0. The number of tetrazole rings is 1. The second-order valence-electron chi connectivity index (χ2n) is 4.16. The number of rotatable bonds is 5. The van der Waals surface area contributed by atoms with Gasteiger partial charge in [-0.1, -0.05) is 0 Å². The van der Waals surface area contributed by atoms with Gasteiger partial charge in [-0.2, -0.15) is 27.3 Å². The summed E-state index contributed by atoms with van der Waals surface area (Å²) in [6, 6.07) is 4.04. The van der Waals surface area contributed by atoms with Gasteiger partial charge in [0.2, 0.25) is 5.82 Å². The first-order valence-corrected chi connectivity index (χ1v) is 8.70. The Balaban J connectivity index is 2.53. The average Bonchev–Trinajstić information content (AvgIpc) is 3.00. The third-order valence-corrected chi connectivity index (χ3v) is 4.37. The van der Waals surface area contributed by atoms with Crippen LogP contribution >= 0.6 is 0 Å². The molecule has 1 heterocycles. The zero-order valence-corrected chi connectivity index (χ0v) is 13.1. The third-order valence-electron chi connectivity index (χ3n) is 2.61. The predicted octanol–water partition coefficient (Wildman–Crippen LogP) is -0.330. The zero-order valence-electron chi connectivity index (χ0n) is 11.4. The second kappa shape index (κ2) is 6.33. The number of anilines is 1. The van der Waals surface area contributed by atoms with Crippen molar-refractivity contribution in [1.82, 2.24) is 20.6 Å². The van der Waals surface area contributed by atoms with Crippen LogP contribution in [0.15, 0.2) is 34.2 Å². The molecule has 0 atom stereocenters. The Morgan fingerprint density at radius 3 is 2.46 bits per heavy atom. The molecule has 126 valence electrons. The van der Waals surface area contributed by atoms with Gasteiger partial charge < -0.3 is 5.32 Å². The first kappa shape index (κ1) is 17.5. The number of nitrogens with zero attached hydrogens (tertiary/aromatic N) is 4.